The standard InChI is InChI=1S/C21H26N6/c1-20(2,3)15-12-24-27-13-14(11-23-18(15)27)10-16-17(21(4,5)6)19-22-8-7-9-26(19)25-16/h7-9,11-13H,10H2,1-6H3. The molecular weight excluding hydrogens is 336 g/mol. The van der Waals surface area contributed by atoms with Gasteiger partial charge in [0.2, 0.25) is 0 Å². The summed E-state index contributed by atoms with van der Waals surface area (Å²) in [5.74, 6) is 0. The summed E-state index contributed by atoms with van der Waals surface area (Å²) in [7, 11) is 0. The van der Waals surface area contributed by atoms with E-state index in [1.165, 1.54) is 5.56 Å². The summed E-state index contributed by atoms with van der Waals surface area (Å²) in [4.78, 5) is 9.26. The van der Waals surface area contributed by atoms with Crippen molar-refractivity contribution in [3.05, 3.63) is 59.4 Å². The second kappa shape index (κ2) is 5.87. The van der Waals surface area contributed by atoms with Gasteiger partial charge in [0.1, 0.15) is 0 Å². The Labute approximate surface area is 159 Å². The Morgan fingerprint density at radius 1 is 0.889 bits per heavy atom. The summed E-state index contributed by atoms with van der Waals surface area (Å²) in [5.41, 5.74) is 6.25. The molecule has 0 aromatic carbocycles. The first kappa shape index (κ1) is 17.6. The first-order chi connectivity index (χ1) is 12.6. The van der Waals surface area contributed by atoms with Crippen LogP contribution in [0.4, 0.5) is 0 Å². The zero-order chi connectivity index (χ0) is 19.4. The van der Waals surface area contributed by atoms with Crippen LogP contribution in [0.25, 0.3) is 11.3 Å². The molecule has 27 heavy (non-hydrogen) atoms. The highest BCUT2D eigenvalue weighted by Crippen LogP contribution is 2.30. The molecule has 4 aromatic rings. The van der Waals surface area contributed by atoms with Gasteiger partial charge in [0.15, 0.2) is 11.3 Å². The van der Waals surface area contributed by atoms with E-state index in [1.807, 2.05) is 39.9 Å². The van der Waals surface area contributed by atoms with E-state index >= 15 is 0 Å². The number of rotatable bonds is 2. The lowest BCUT2D eigenvalue weighted by atomic mass is 9.85. The monoisotopic (exact) mass is 362 g/mol. The summed E-state index contributed by atoms with van der Waals surface area (Å²) in [6.45, 7) is 13.1. The molecule has 0 unspecified atom stereocenters. The summed E-state index contributed by atoms with van der Waals surface area (Å²) in [5, 5.41) is 9.31. The molecular formula is C21H26N6. The van der Waals surface area contributed by atoms with Crippen molar-refractivity contribution < 1.29 is 0 Å². The Morgan fingerprint density at radius 3 is 2.37 bits per heavy atom. The Bertz CT molecular complexity index is 1120. The number of aromatic nitrogens is 6. The Balaban J connectivity index is 1.79. The van der Waals surface area contributed by atoms with Crippen LogP contribution in [0.2, 0.25) is 0 Å². The average molecular weight is 362 g/mol. The van der Waals surface area contributed by atoms with Crippen molar-refractivity contribution in [2.45, 2.75) is 58.8 Å². The number of hydrogen-bond acceptors (Lipinski definition) is 4. The van der Waals surface area contributed by atoms with Crippen molar-refractivity contribution in [1.29, 1.82) is 0 Å². The first-order valence-electron chi connectivity index (χ1n) is 9.30. The van der Waals surface area contributed by atoms with E-state index in [2.05, 4.69) is 57.8 Å². The SMILES string of the molecule is CC(C)(C)c1cnn2cc(Cc3nn4cccnc4c3C(C)(C)C)cnc12. The number of hydrogen-bond donors (Lipinski definition) is 0. The van der Waals surface area contributed by atoms with Crippen LogP contribution in [0.15, 0.2) is 37.1 Å². The van der Waals surface area contributed by atoms with Crippen molar-refractivity contribution in [3.63, 3.8) is 0 Å². The molecule has 4 aromatic heterocycles. The molecule has 0 aliphatic carbocycles. The predicted octanol–water partition coefficient (Wildman–Crippen LogP) is 3.96. The molecule has 6 nitrogen and oxygen atoms in total. The second-order valence-corrected chi connectivity index (χ2v) is 9.17. The molecule has 6 heteroatoms. The third-order valence-corrected chi connectivity index (χ3v) is 4.81. The first-order valence-corrected chi connectivity index (χ1v) is 9.30. The maximum atomic E-state index is 4.80. The molecule has 140 valence electrons. The van der Waals surface area contributed by atoms with Gasteiger partial charge in [-0.15, -0.1) is 0 Å². The maximum Gasteiger partial charge on any atom is 0.158 e. The van der Waals surface area contributed by atoms with Crippen molar-refractivity contribution in [1.82, 2.24) is 29.2 Å². The minimum Gasteiger partial charge on any atom is -0.237 e. The van der Waals surface area contributed by atoms with Crippen LogP contribution in [-0.4, -0.2) is 29.2 Å². The largest absolute Gasteiger partial charge is 0.237 e. The highest BCUT2D eigenvalue weighted by molar-refractivity contribution is 5.55. The predicted molar refractivity (Wildman–Crippen MR) is 106 cm³/mol. The van der Waals surface area contributed by atoms with Crippen molar-refractivity contribution >= 4 is 11.3 Å². The maximum absolute atomic E-state index is 4.80. The topological polar surface area (TPSA) is 60.4 Å². The summed E-state index contributed by atoms with van der Waals surface area (Å²) >= 11 is 0. The Hall–Kier alpha value is -2.76. The van der Waals surface area contributed by atoms with Crippen LogP contribution in [-0.2, 0) is 17.3 Å². The molecule has 0 amide bonds. The van der Waals surface area contributed by atoms with Crippen LogP contribution < -0.4 is 0 Å². The van der Waals surface area contributed by atoms with Crippen molar-refractivity contribution in [2.24, 2.45) is 0 Å². The lowest BCUT2D eigenvalue weighted by molar-refractivity contribution is 0.587. The van der Waals surface area contributed by atoms with Gasteiger partial charge in [0.25, 0.3) is 0 Å². The van der Waals surface area contributed by atoms with Crippen LogP contribution in [0.1, 0.15) is 63.9 Å². The molecule has 0 aliphatic rings. The van der Waals surface area contributed by atoms with E-state index in [9.17, 15) is 0 Å². The molecule has 0 N–H and O–H groups in total. The van der Waals surface area contributed by atoms with Gasteiger partial charge in [-0.05, 0) is 22.5 Å². The molecule has 0 saturated carbocycles. The van der Waals surface area contributed by atoms with Crippen molar-refractivity contribution in [2.75, 3.05) is 0 Å². The van der Waals surface area contributed by atoms with Gasteiger partial charge in [-0.25, -0.2) is 19.0 Å². The zero-order valence-corrected chi connectivity index (χ0v) is 16.9. The lowest BCUT2D eigenvalue weighted by Gasteiger charge is -2.19. The quantitative estimate of drug-likeness (QED) is 0.541. The smallest absolute Gasteiger partial charge is 0.158 e. The molecule has 0 fully saturated rings. The van der Waals surface area contributed by atoms with Crippen LogP contribution in [0.3, 0.4) is 0 Å². The van der Waals surface area contributed by atoms with Gasteiger partial charge in [0, 0.05) is 42.3 Å². The Kier molecular flexibility index (Phi) is 3.84. The van der Waals surface area contributed by atoms with E-state index in [1.54, 1.807) is 0 Å². The highest BCUT2D eigenvalue weighted by Gasteiger charge is 2.26. The molecule has 0 aliphatic heterocycles. The van der Waals surface area contributed by atoms with Gasteiger partial charge in [-0.2, -0.15) is 10.2 Å². The number of nitrogens with zero attached hydrogens (tertiary/aromatic N) is 6. The molecule has 0 radical (unpaired) electrons. The average Bonchev–Trinajstić information content (AvgIpc) is 3.14. The normalized spacial score (nSPS) is 13.0. The molecule has 0 atom stereocenters. The van der Waals surface area contributed by atoms with Gasteiger partial charge in [0.05, 0.1) is 11.9 Å². The third kappa shape index (κ3) is 3.09. The van der Waals surface area contributed by atoms with Crippen LogP contribution in [0.5, 0.6) is 0 Å². The summed E-state index contributed by atoms with van der Waals surface area (Å²) < 4.78 is 3.74. The van der Waals surface area contributed by atoms with Crippen molar-refractivity contribution in [3.8, 4) is 0 Å². The third-order valence-electron chi connectivity index (χ3n) is 4.81. The van der Waals surface area contributed by atoms with E-state index in [-0.39, 0.29) is 10.8 Å². The number of fused-ring (bicyclic) bond motifs is 2. The molecule has 0 saturated heterocycles. The summed E-state index contributed by atoms with van der Waals surface area (Å²) in [6, 6.07) is 1.90. The van der Waals surface area contributed by atoms with Crippen LogP contribution >= 0.6 is 0 Å². The lowest BCUT2D eigenvalue weighted by Crippen LogP contribution is -2.14. The molecule has 0 spiro atoms. The van der Waals surface area contributed by atoms with Gasteiger partial charge < -0.3 is 0 Å². The van der Waals surface area contributed by atoms with Crippen LogP contribution in [0, 0.1) is 0 Å². The van der Waals surface area contributed by atoms with E-state index in [0.717, 1.165) is 28.1 Å². The Morgan fingerprint density at radius 2 is 1.67 bits per heavy atom. The van der Waals surface area contributed by atoms with E-state index < -0.39 is 0 Å². The second-order valence-electron chi connectivity index (χ2n) is 9.17. The summed E-state index contributed by atoms with van der Waals surface area (Å²) in [6.07, 6.45) is 10.4. The van der Waals surface area contributed by atoms with Gasteiger partial charge >= 0.3 is 0 Å². The minimum absolute atomic E-state index is 0.0168. The fraction of sp³-hybridized carbons (Fsp3) is 0.429. The van der Waals surface area contributed by atoms with Gasteiger partial charge in [-0.3, -0.25) is 0 Å². The van der Waals surface area contributed by atoms with E-state index in [0.29, 0.717) is 6.42 Å². The molecule has 0 bridgehead atoms. The molecule has 4 heterocycles. The highest BCUT2D eigenvalue weighted by atomic mass is 15.3. The molecule has 4 rings (SSSR count). The zero-order valence-electron chi connectivity index (χ0n) is 16.9. The minimum atomic E-state index is -0.0475. The fourth-order valence-electron chi connectivity index (χ4n) is 3.55. The van der Waals surface area contributed by atoms with E-state index in [4.69, 9.17) is 10.1 Å². The fourth-order valence-corrected chi connectivity index (χ4v) is 3.55. The van der Waals surface area contributed by atoms with Gasteiger partial charge in [-0.1, -0.05) is 41.5 Å².